The molecule has 2 rings (SSSR count). The second-order valence-corrected chi connectivity index (χ2v) is 4.00. The lowest BCUT2D eigenvalue weighted by Gasteiger charge is -2.10. The smallest absolute Gasteiger partial charge is 0.0721 e. The Morgan fingerprint density at radius 1 is 1.33 bits per heavy atom. The lowest BCUT2D eigenvalue weighted by atomic mass is 10.2. The van der Waals surface area contributed by atoms with E-state index in [1.807, 2.05) is 18.2 Å². The van der Waals surface area contributed by atoms with Crippen LogP contribution in [0.5, 0.6) is 0 Å². The van der Waals surface area contributed by atoms with Gasteiger partial charge in [-0.05, 0) is 12.0 Å². The maximum absolute atomic E-state index is 5.80. The van der Waals surface area contributed by atoms with Gasteiger partial charge in [0.25, 0.3) is 0 Å². The summed E-state index contributed by atoms with van der Waals surface area (Å²) in [6, 6.07) is 10.7. The van der Waals surface area contributed by atoms with Crippen LogP contribution in [0.4, 0.5) is 0 Å². The van der Waals surface area contributed by atoms with Crippen LogP contribution >= 0.6 is 0 Å². The predicted molar refractivity (Wildman–Crippen MR) is 60.5 cm³/mol. The van der Waals surface area contributed by atoms with Gasteiger partial charge < -0.3 is 15.8 Å². The molecule has 3 nitrogen and oxygen atoms in total. The van der Waals surface area contributed by atoms with E-state index >= 15 is 0 Å². The summed E-state index contributed by atoms with van der Waals surface area (Å²) in [4.78, 5) is 0. The van der Waals surface area contributed by atoms with Crippen molar-refractivity contribution >= 4 is 0 Å². The minimum absolute atomic E-state index is 0.318. The quantitative estimate of drug-likeness (QED) is 0.769. The molecule has 1 aromatic carbocycles. The molecule has 0 radical (unpaired) electrons. The monoisotopic (exact) mass is 206 g/mol. The normalized spacial score (nSPS) is 25.7. The first-order valence-electron chi connectivity index (χ1n) is 5.47. The van der Waals surface area contributed by atoms with Gasteiger partial charge in [0.05, 0.1) is 12.7 Å². The molecule has 1 fully saturated rings. The third-order valence-electron chi connectivity index (χ3n) is 2.79. The van der Waals surface area contributed by atoms with Crippen LogP contribution in [-0.2, 0) is 11.3 Å². The third-order valence-corrected chi connectivity index (χ3v) is 2.79. The molecule has 1 aliphatic heterocycles. The van der Waals surface area contributed by atoms with E-state index in [-0.39, 0.29) is 0 Å². The van der Waals surface area contributed by atoms with Crippen LogP contribution in [-0.4, -0.2) is 25.2 Å². The Balaban J connectivity index is 1.75. The Hall–Kier alpha value is -0.900. The highest BCUT2D eigenvalue weighted by Crippen LogP contribution is 2.12. The van der Waals surface area contributed by atoms with Gasteiger partial charge in [-0.3, -0.25) is 0 Å². The van der Waals surface area contributed by atoms with Gasteiger partial charge in [-0.1, -0.05) is 30.3 Å². The highest BCUT2D eigenvalue weighted by molar-refractivity contribution is 5.13. The van der Waals surface area contributed by atoms with E-state index in [0.29, 0.717) is 25.3 Å². The van der Waals surface area contributed by atoms with E-state index < -0.39 is 0 Å². The molecule has 0 aromatic heterocycles. The van der Waals surface area contributed by atoms with E-state index in [4.69, 9.17) is 10.5 Å². The number of benzene rings is 1. The lowest BCUT2D eigenvalue weighted by Crippen LogP contribution is -2.29. The Kier molecular flexibility index (Phi) is 3.72. The summed E-state index contributed by atoms with van der Waals surface area (Å²) in [6.45, 7) is 2.32. The molecule has 15 heavy (non-hydrogen) atoms. The van der Waals surface area contributed by atoms with Crippen molar-refractivity contribution in [3.8, 4) is 0 Å². The van der Waals surface area contributed by atoms with Crippen molar-refractivity contribution in [3.05, 3.63) is 35.9 Å². The first-order chi connectivity index (χ1) is 7.38. The summed E-state index contributed by atoms with van der Waals surface area (Å²) < 4.78 is 5.80. The molecular formula is C12H18N2O. The number of ether oxygens (including phenoxy) is 1. The van der Waals surface area contributed by atoms with Gasteiger partial charge >= 0.3 is 0 Å². The van der Waals surface area contributed by atoms with E-state index in [0.717, 1.165) is 13.0 Å². The Bertz CT molecular complexity index is 289. The zero-order chi connectivity index (χ0) is 10.5. The first kappa shape index (κ1) is 10.6. The summed E-state index contributed by atoms with van der Waals surface area (Å²) in [5.41, 5.74) is 6.82. The van der Waals surface area contributed by atoms with Gasteiger partial charge in [0, 0.05) is 19.1 Å². The summed E-state index contributed by atoms with van der Waals surface area (Å²) in [7, 11) is 0. The van der Waals surface area contributed by atoms with Crippen molar-refractivity contribution in [2.24, 2.45) is 5.73 Å². The molecule has 1 saturated heterocycles. The highest BCUT2D eigenvalue weighted by atomic mass is 16.5. The molecule has 3 N–H and O–H groups in total. The van der Waals surface area contributed by atoms with E-state index in [1.54, 1.807) is 0 Å². The molecule has 1 aliphatic rings. The van der Waals surface area contributed by atoms with Gasteiger partial charge in [-0.2, -0.15) is 0 Å². The number of hydrogen-bond donors (Lipinski definition) is 2. The summed E-state index contributed by atoms with van der Waals surface area (Å²) in [5, 5.41) is 3.34. The summed E-state index contributed by atoms with van der Waals surface area (Å²) >= 11 is 0. The van der Waals surface area contributed by atoms with Gasteiger partial charge in [0.1, 0.15) is 0 Å². The Labute approximate surface area is 90.6 Å². The number of nitrogens with one attached hydrogen (secondary N) is 1. The molecule has 2 atom stereocenters. The van der Waals surface area contributed by atoms with Gasteiger partial charge in [0.15, 0.2) is 0 Å². The maximum atomic E-state index is 5.80. The minimum atomic E-state index is 0.318. The molecule has 0 saturated carbocycles. The van der Waals surface area contributed by atoms with Crippen molar-refractivity contribution in [3.63, 3.8) is 0 Å². The molecule has 82 valence electrons. The fraction of sp³-hybridized carbons (Fsp3) is 0.500. The molecular weight excluding hydrogens is 188 g/mol. The molecule has 1 heterocycles. The molecule has 3 heteroatoms. The van der Waals surface area contributed by atoms with E-state index in [1.165, 1.54) is 5.56 Å². The van der Waals surface area contributed by atoms with Crippen LogP contribution in [0.1, 0.15) is 12.0 Å². The number of nitrogens with two attached hydrogens (primary N) is 1. The van der Waals surface area contributed by atoms with Crippen LogP contribution in [0, 0.1) is 0 Å². The second-order valence-electron chi connectivity index (χ2n) is 4.00. The molecule has 0 bridgehead atoms. The van der Waals surface area contributed by atoms with Crippen LogP contribution < -0.4 is 11.1 Å². The molecule has 0 unspecified atom stereocenters. The average molecular weight is 206 g/mol. The van der Waals surface area contributed by atoms with Crippen LogP contribution in [0.15, 0.2) is 30.3 Å². The fourth-order valence-corrected chi connectivity index (χ4v) is 1.88. The summed E-state index contributed by atoms with van der Waals surface area (Å²) in [5.74, 6) is 0. The topological polar surface area (TPSA) is 47.3 Å². The zero-order valence-corrected chi connectivity index (χ0v) is 8.86. The van der Waals surface area contributed by atoms with Crippen LogP contribution in [0.25, 0.3) is 0 Å². The first-order valence-corrected chi connectivity index (χ1v) is 5.47. The Morgan fingerprint density at radius 2 is 2.13 bits per heavy atom. The van der Waals surface area contributed by atoms with E-state index in [9.17, 15) is 0 Å². The van der Waals surface area contributed by atoms with Crippen molar-refractivity contribution in [2.75, 3.05) is 13.1 Å². The fourth-order valence-electron chi connectivity index (χ4n) is 1.88. The third kappa shape index (κ3) is 3.02. The number of hydrogen-bond acceptors (Lipinski definition) is 3. The van der Waals surface area contributed by atoms with Gasteiger partial charge in [-0.15, -0.1) is 0 Å². The van der Waals surface area contributed by atoms with Crippen molar-refractivity contribution in [1.82, 2.24) is 5.32 Å². The minimum Gasteiger partial charge on any atom is -0.372 e. The largest absolute Gasteiger partial charge is 0.372 e. The zero-order valence-electron chi connectivity index (χ0n) is 8.86. The molecule has 0 spiro atoms. The van der Waals surface area contributed by atoms with Crippen LogP contribution in [0.3, 0.4) is 0 Å². The van der Waals surface area contributed by atoms with Gasteiger partial charge in [-0.25, -0.2) is 0 Å². The highest BCUT2D eigenvalue weighted by Gasteiger charge is 2.23. The van der Waals surface area contributed by atoms with Crippen molar-refractivity contribution < 1.29 is 4.74 Å². The van der Waals surface area contributed by atoms with E-state index in [2.05, 4.69) is 17.4 Å². The molecule has 1 aromatic rings. The van der Waals surface area contributed by atoms with Crippen LogP contribution in [0.2, 0.25) is 0 Å². The average Bonchev–Trinajstić information content (AvgIpc) is 2.76. The Morgan fingerprint density at radius 3 is 2.80 bits per heavy atom. The molecule has 0 amide bonds. The standard InChI is InChI=1S/C12H18N2O/c13-7-11-6-12(8-14-11)15-9-10-4-2-1-3-5-10/h1-5,11-12,14H,6-9,13H2/t11-,12-/m0/s1. The lowest BCUT2D eigenvalue weighted by molar-refractivity contribution is 0.0527. The SMILES string of the molecule is NC[C@@H]1C[C@H](OCc2ccccc2)CN1. The van der Waals surface area contributed by atoms with Crippen molar-refractivity contribution in [1.29, 1.82) is 0 Å². The maximum Gasteiger partial charge on any atom is 0.0721 e. The van der Waals surface area contributed by atoms with Gasteiger partial charge in [0.2, 0.25) is 0 Å². The second kappa shape index (κ2) is 5.26. The summed E-state index contributed by atoms with van der Waals surface area (Å²) in [6.07, 6.45) is 1.35. The van der Waals surface area contributed by atoms with Crippen molar-refractivity contribution in [2.45, 2.75) is 25.2 Å². The predicted octanol–water partition coefficient (Wildman–Crippen LogP) is 0.892. The number of rotatable bonds is 4. The molecule has 0 aliphatic carbocycles.